The average Bonchev–Trinajstić information content (AvgIpc) is 2.96. The Bertz CT molecular complexity index is 870. The number of likely N-dealkylation sites (N-methyl/N-ethyl adjacent to an activating group) is 1. The normalized spacial score (nSPS) is 11.2. The van der Waals surface area contributed by atoms with Gasteiger partial charge in [-0.3, -0.25) is 4.79 Å². The topological polar surface area (TPSA) is 90.3 Å². The van der Waals surface area contributed by atoms with Crippen LogP contribution in [0.2, 0.25) is 4.34 Å². The molecule has 0 saturated heterocycles. The largest absolute Gasteiger partial charge is 0.325 e. The fraction of sp³-hybridized carbons (Fsp3) is 0.200. The van der Waals surface area contributed by atoms with E-state index in [0.29, 0.717) is 16.4 Å². The molecule has 0 fully saturated rings. The van der Waals surface area contributed by atoms with Gasteiger partial charge in [0.15, 0.2) is 0 Å². The standard InChI is InChI=1S/C15H14ClN3O3S2/c1-19(24(21,22)15-7-6-13(16)23-15)10-14(20)18-12-4-2-11(3-5-12)8-9-17/h2-7H,8,10H2,1H3,(H,18,20). The third kappa shape index (κ3) is 4.55. The van der Waals surface area contributed by atoms with Crippen LogP contribution in [0, 0.1) is 11.3 Å². The van der Waals surface area contributed by atoms with Crippen LogP contribution in [0.15, 0.2) is 40.6 Å². The van der Waals surface area contributed by atoms with Crippen molar-refractivity contribution >= 4 is 44.6 Å². The van der Waals surface area contributed by atoms with E-state index < -0.39 is 15.9 Å². The average molecular weight is 384 g/mol. The van der Waals surface area contributed by atoms with E-state index in [4.69, 9.17) is 16.9 Å². The van der Waals surface area contributed by atoms with Crippen LogP contribution in [0.5, 0.6) is 0 Å². The van der Waals surface area contributed by atoms with Gasteiger partial charge in [-0.05, 0) is 29.8 Å². The van der Waals surface area contributed by atoms with Crippen molar-refractivity contribution in [1.82, 2.24) is 4.31 Å². The number of nitriles is 1. The highest BCUT2D eigenvalue weighted by Crippen LogP contribution is 2.27. The lowest BCUT2D eigenvalue weighted by atomic mass is 10.1. The van der Waals surface area contributed by atoms with Crippen LogP contribution < -0.4 is 5.32 Å². The molecule has 126 valence electrons. The Hall–Kier alpha value is -1.92. The number of carbonyl (C=O) groups excluding carboxylic acids is 1. The Labute approximate surface area is 149 Å². The molecule has 1 aromatic heterocycles. The van der Waals surface area contributed by atoms with Crippen molar-refractivity contribution in [2.75, 3.05) is 18.9 Å². The smallest absolute Gasteiger partial charge is 0.252 e. The van der Waals surface area contributed by atoms with Gasteiger partial charge in [0.25, 0.3) is 10.0 Å². The molecule has 1 aromatic carbocycles. The molecule has 2 aromatic rings. The summed E-state index contributed by atoms with van der Waals surface area (Å²) in [6, 6.07) is 11.7. The van der Waals surface area contributed by atoms with E-state index in [2.05, 4.69) is 5.32 Å². The van der Waals surface area contributed by atoms with Crippen molar-refractivity contribution in [2.24, 2.45) is 0 Å². The Morgan fingerprint density at radius 1 is 1.29 bits per heavy atom. The molecule has 0 aliphatic heterocycles. The lowest BCUT2D eigenvalue weighted by Crippen LogP contribution is -2.34. The van der Waals surface area contributed by atoms with Crippen LogP contribution in [0.25, 0.3) is 0 Å². The first-order chi connectivity index (χ1) is 11.3. The van der Waals surface area contributed by atoms with E-state index in [1.54, 1.807) is 24.3 Å². The van der Waals surface area contributed by atoms with E-state index in [9.17, 15) is 13.2 Å². The molecule has 0 atom stereocenters. The third-order valence-corrected chi connectivity index (χ3v) is 6.60. The highest BCUT2D eigenvalue weighted by molar-refractivity contribution is 7.91. The number of thiophene rings is 1. The number of benzene rings is 1. The second-order valence-electron chi connectivity index (χ2n) is 4.90. The second kappa shape index (κ2) is 7.77. The molecule has 9 heteroatoms. The lowest BCUT2D eigenvalue weighted by Gasteiger charge is -2.15. The molecule has 1 amide bonds. The van der Waals surface area contributed by atoms with Gasteiger partial charge >= 0.3 is 0 Å². The van der Waals surface area contributed by atoms with Crippen LogP contribution in [0.3, 0.4) is 0 Å². The summed E-state index contributed by atoms with van der Waals surface area (Å²) >= 11 is 6.69. The molecular weight excluding hydrogens is 370 g/mol. The molecule has 0 saturated carbocycles. The number of hydrogen-bond acceptors (Lipinski definition) is 5. The van der Waals surface area contributed by atoms with Crippen molar-refractivity contribution in [3.05, 3.63) is 46.3 Å². The highest BCUT2D eigenvalue weighted by Gasteiger charge is 2.24. The van der Waals surface area contributed by atoms with Crippen LogP contribution in [-0.4, -0.2) is 32.2 Å². The van der Waals surface area contributed by atoms with E-state index in [1.165, 1.54) is 19.2 Å². The fourth-order valence-electron chi connectivity index (χ4n) is 1.87. The van der Waals surface area contributed by atoms with Gasteiger partial charge in [0, 0.05) is 12.7 Å². The molecule has 0 aliphatic carbocycles. The minimum atomic E-state index is -3.75. The molecule has 1 heterocycles. The molecule has 2 rings (SSSR count). The van der Waals surface area contributed by atoms with Crippen LogP contribution >= 0.6 is 22.9 Å². The maximum absolute atomic E-state index is 12.3. The van der Waals surface area contributed by atoms with E-state index in [-0.39, 0.29) is 10.8 Å². The number of sulfonamides is 1. The quantitative estimate of drug-likeness (QED) is 0.830. The minimum Gasteiger partial charge on any atom is -0.325 e. The maximum atomic E-state index is 12.3. The van der Waals surface area contributed by atoms with Crippen LogP contribution in [0.4, 0.5) is 5.69 Å². The molecular formula is C15H14ClN3O3S2. The summed E-state index contributed by atoms with van der Waals surface area (Å²) in [6.45, 7) is -0.322. The lowest BCUT2D eigenvalue weighted by molar-refractivity contribution is -0.116. The number of anilines is 1. The van der Waals surface area contributed by atoms with Crippen molar-refractivity contribution < 1.29 is 13.2 Å². The first-order valence-electron chi connectivity index (χ1n) is 6.80. The van der Waals surface area contributed by atoms with E-state index >= 15 is 0 Å². The van der Waals surface area contributed by atoms with Gasteiger partial charge < -0.3 is 5.32 Å². The molecule has 0 unspecified atom stereocenters. The fourth-order valence-corrected chi connectivity index (χ4v) is 4.70. The van der Waals surface area contributed by atoms with Gasteiger partial charge in [-0.25, -0.2) is 8.42 Å². The van der Waals surface area contributed by atoms with Gasteiger partial charge in [0.2, 0.25) is 5.91 Å². The van der Waals surface area contributed by atoms with E-state index in [1.807, 2.05) is 6.07 Å². The summed E-state index contributed by atoms with van der Waals surface area (Å²) in [4.78, 5) is 12.0. The predicted molar refractivity (Wildman–Crippen MR) is 93.5 cm³/mol. The monoisotopic (exact) mass is 383 g/mol. The zero-order chi connectivity index (χ0) is 17.7. The van der Waals surface area contributed by atoms with Crippen molar-refractivity contribution in [3.63, 3.8) is 0 Å². The summed E-state index contributed by atoms with van der Waals surface area (Å²) in [7, 11) is -2.42. The van der Waals surface area contributed by atoms with E-state index in [0.717, 1.165) is 21.2 Å². The zero-order valence-corrected chi connectivity index (χ0v) is 15.1. The molecule has 1 N–H and O–H groups in total. The predicted octanol–water partition coefficient (Wildman–Crippen LogP) is 2.73. The molecule has 0 spiro atoms. The summed E-state index contributed by atoms with van der Waals surface area (Å²) in [5.41, 5.74) is 1.37. The second-order valence-corrected chi connectivity index (χ2v) is 8.89. The number of hydrogen-bond donors (Lipinski definition) is 1. The third-order valence-electron chi connectivity index (χ3n) is 3.10. The zero-order valence-electron chi connectivity index (χ0n) is 12.7. The number of amides is 1. The van der Waals surface area contributed by atoms with Gasteiger partial charge in [0.1, 0.15) is 4.21 Å². The van der Waals surface area contributed by atoms with Crippen molar-refractivity contribution in [1.29, 1.82) is 5.26 Å². The number of carbonyl (C=O) groups is 1. The Balaban J connectivity index is 2.00. The Morgan fingerprint density at radius 2 is 1.96 bits per heavy atom. The Kier molecular flexibility index (Phi) is 5.96. The van der Waals surface area contributed by atoms with Crippen LogP contribution in [0.1, 0.15) is 5.56 Å². The van der Waals surface area contributed by atoms with Crippen molar-refractivity contribution in [2.45, 2.75) is 10.6 Å². The van der Waals surface area contributed by atoms with Gasteiger partial charge in [-0.2, -0.15) is 9.57 Å². The SMILES string of the molecule is CN(CC(=O)Nc1ccc(CC#N)cc1)S(=O)(=O)c1ccc(Cl)s1. The van der Waals surface area contributed by atoms with Crippen LogP contribution in [-0.2, 0) is 21.2 Å². The molecule has 0 bridgehead atoms. The van der Waals surface area contributed by atoms with Crippen molar-refractivity contribution in [3.8, 4) is 6.07 Å². The van der Waals surface area contributed by atoms with Gasteiger partial charge in [0.05, 0.1) is 23.4 Å². The summed E-state index contributed by atoms with van der Waals surface area (Å²) in [5.74, 6) is -0.461. The molecule has 0 aliphatic rings. The highest BCUT2D eigenvalue weighted by atomic mass is 35.5. The Morgan fingerprint density at radius 3 is 2.50 bits per heavy atom. The first kappa shape index (κ1) is 18.4. The summed E-state index contributed by atoms with van der Waals surface area (Å²) in [6.07, 6.45) is 0.290. The summed E-state index contributed by atoms with van der Waals surface area (Å²) < 4.78 is 26.1. The number of nitrogens with zero attached hydrogens (tertiary/aromatic N) is 2. The summed E-state index contributed by atoms with van der Waals surface area (Å²) in [5, 5.41) is 11.2. The van der Waals surface area contributed by atoms with Gasteiger partial charge in [-0.1, -0.05) is 23.7 Å². The first-order valence-corrected chi connectivity index (χ1v) is 9.44. The van der Waals surface area contributed by atoms with Gasteiger partial charge in [-0.15, -0.1) is 11.3 Å². The molecule has 0 radical (unpaired) electrons. The minimum absolute atomic E-state index is 0.0867. The number of rotatable bonds is 6. The number of nitrogens with one attached hydrogen (secondary N) is 1. The number of halogens is 1. The molecule has 6 nitrogen and oxygen atoms in total. The maximum Gasteiger partial charge on any atom is 0.252 e. The molecule has 24 heavy (non-hydrogen) atoms.